The van der Waals surface area contributed by atoms with Crippen LogP contribution < -0.4 is 11.1 Å². The average molecular weight is 268 g/mol. The lowest BCUT2D eigenvalue weighted by Crippen LogP contribution is -2.17. The molecule has 0 saturated carbocycles. The van der Waals surface area contributed by atoms with Crippen LogP contribution in [0, 0.1) is 18.3 Å². The van der Waals surface area contributed by atoms with Gasteiger partial charge in [-0.1, -0.05) is 12.1 Å². The largest absolute Gasteiger partial charge is 0.397 e. The van der Waals surface area contributed by atoms with E-state index in [-0.39, 0.29) is 5.91 Å². The van der Waals surface area contributed by atoms with E-state index in [1.54, 1.807) is 29.0 Å². The summed E-state index contributed by atoms with van der Waals surface area (Å²) in [5, 5.41) is 11.9. The quantitative estimate of drug-likeness (QED) is 0.897. The zero-order valence-corrected chi connectivity index (χ0v) is 11.5. The fourth-order valence-electron chi connectivity index (χ4n) is 2.09. The number of aromatic nitrogens is 1. The van der Waals surface area contributed by atoms with Gasteiger partial charge < -0.3 is 15.6 Å². The van der Waals surface area contributed by atoms with Gasteiger partial charge in [-0.25, -0.2) is 0 Å². The first-order chi connectivity index (χ1) is 9.56. The topological polar surface area (TPSA) is 83.8 Å². The summed E-state index contributed by atoms with van der Waals surface area (Å²) in [6.07, 6.45) is 1.72. The first kappa shape index (κ1) is 13.7. The van der Waals surface area contributed by atoms with Crippen LogP contribution in [0.2, 0.25) is 0 Å². The third kappa shape index (κ3) is 2.50. The Hall–Kier alpha value is -2.74. The molecule has 0 aliphatic heterocycles. The summed E-state index contributed by atoms with van der Waals surface area (Å²) < 4.78 is 1.77. The number of carbonyl (C=O) groups excluding carboxylic acids is 1. The number of nitrogen functional groups attached to an aromatic ring is 1. The van der Waals surface area contributed by atoms with Crippen LogP contribution in [-0.4, -0.2) is 10.5 Å². The highest BCUT2D eigenvalue weighted by atomic mass is 16.1. The number of carbonyl (C=O) groups is 1. The van der Waals surface area contributed by atoms with Gasteiger partial charge in [0, 0.05) is 12.7 Å². The maximum absolute atomic E-state index is 12.3. The van der Waals surface area contributed by atoms with E-state index in [0.717, 1.165) is 5.56 Å². The lowest BCUT2D eigenvalue weighted by Gasteiger charge is -2.10. The van der Waals surface area contributed by atoms with Crippen molar-refractivity contribution in [1.29, 1.82) is 5.26 Å². The highest BCUT2D eigenvalue weighted by molar-refractivity contribution is 6.04. The summed E-state index contributed by atoms with van der Waals surface area (Å²) in [5.41, 5.74) is 8.56. The molecule has 2 aromatic rings. The van der Waals surface area contributed by atoms with E-state index in [0.29, 0.717) is 29.2 Å². The molecule has 102 valence electrons. The van der Waals surface area contributed by atoms with Crippen molar-refractivity contribution in [1.82, 2.24) is 4.57 Å². The van der Waals surface area contributed by atoms with Crippen LogP contribution in [-0.2, 0) is 6.54 Å². The number of nitriles is 1. The van der Waals surface area contributed by atoms with Crippen molar-refractivity contribution in [3.05, 3.63) is 47.3 Å². The van der Waals surface area contributed by atoms with E-state index < -0.39 is 0 Å². The molecule has 1 amide bonds. The number of hydrogen-bond donors (Lipinski definition) is 2. The Morgan fingerprint density at radius 3 is 2.90 bits per heavy atom. The van der Waals surface area contributed by atoms with Crippen LogP contribution in [0.5, 0.6) is 0 Å². The molecule has 0 unspecified atom stereocenters. The van der Waals surface area contributed by atoms with Gasteiger partial charge in [-0.3, -0.25) is 4.79 Å². The van der Waals surface area contributed by atoms with Crippen molar-refractivity contribution in [3.63, 3.8) is 0 Å². The fraction of sp³-hybridized carbons (Fsp3) is 0.200. The van der Waals surface area contributed by atoms with E-state index in [2.05, 4.69) is 11.4 Å². The number of nitrogens with one attached hydrogen (secondary N) is 1. The van der Waals surface area contributed by atoms with Gasteiger partial charge in [-0.05, 0) is 31.5 Å². The molecule has 1 heterocycles. The molecule has 2 rings (SSSR count). The van der Waals surface area contributed by atoms with Gasteiger partial charge >= 0.3 is 0 Å². The molecule has 3 N–H and O–H groups in total. The fourth-order valence-corrected chi connectivity index (χ4v) is 2.09. The molecule has 5 nitrogen and oxygen atoms in total. The molecular weight excluding hydrogens is 252 g/mol. The summed E-state index contributed by atoms with van der Waals surface area (Å²) in [7, 11) is 0. The zero-order valence-electron chi connectivity index (χ0n) is 11.5. The zero-order chi connectivity index (χ0) is 14.7. The van der Waals surface area contributed by atoms with Crippen molar-refractivity contribution in [2.45, 2.75) is 20.4 Å². The number of rotatable bonds is 3. The van der Waals surface area contributed by atoms with Gasteiger partial charge in [-0.15, -0.1) is 0 Å². The number of nitrogens with two attached hydrogens (primary N) is 1. The van der Waals surface area contributed by atoms with Crippen molar-refractivity contribution < 1.29 is 4.79 Å². The Morgan fingerprint density at radius 1 is 1.50 bits per heavy atom. The van der Waals surface area contributed by atoms with E-state index in [9.17, 15) is 4.79 Å². The Labute approximate surface area is 117 Å². The summed E-state index contributed by atoms with van der Waals surface area (Å²) in [5.74, 6) is -0.273. The van der Waals surface area contributed by atoms with Crippen LogP contribution in [0.25, 0.3) is 0 Å². The normalized spacial score (nSPS) is 10.1. The first-order valence-corrected chi connectivity index (χ1v) is 6.33. The Kier molecular flexibility index (Phi) is 3.76. The highest BCUT2D eigenvalue weighted by Crippen LogP contribution is 2.20. The number of nitrogens with zero attached hydrogens (tertiary/aromatic N) is 2. The predicted molar refractivity (Wildman–Crippen MR) is 78.4 cm³/mol. The molecule has 0 saturated heterocycles. The molecular formula is C15H16N4O. The minimum Gasteiger partial charge on any atom is -0.397 e. The minimum atomic E-state index is -0.273. The molecule has 1 aromatic heterocycles. The average Bonchev–Trinajstić information content (AvgIpc) is 2.80. The molecule has 5 heteroatoms. The smallest absolute Gasteiger partial charge is 0.272 e. The summed E-state index contributed by atoms with van der Waals surface area (Å²) in [6, 6.07) is 9.09. The minimum absolute atomic E-state index is 0.273. The van der Waals surface area contributed by atoms with Crippen molar-refractivity contribution >= 4 is 17.3 Å². The standard InChI is InChI=1S/C15H16N4O/c1-3-19-9-11(17)7-14(19)15(20)18-13-6-4-5-10(2)12(13)8-16/h4-7,9H,3,17H2,1-2H3,(H,18,20). The van der Waals surface area contributed by atoms with Crippen LogP contribution in [0.4, 0.5) is 11.4 Å². The molecule has 0 aliphatic rings. The maximum Gasteiger partial charge on any atom is 0.272 e. The number of aryl methyl sites for hydroxylation is 2. The molecule has 1 aromatic carbocycles. The lowest BCUT2D eigenvalue weighted by atomic mass is 10.1. The first-order valence-electron chi connectivity index (χ1n) is 6.33. The van der Waals surface area contributed by atoms with Gasteiger partial charge in [0.1, 0.15) is 11.8 Å². The summed E-state index contributed by atoms with van der Waals surface area (Å²) in [4.78, 5) is 12.3. The second-order valence-electron chi connectivity index (χ2n) is 4.51. The van der Waals surface area contributed by atoms with Crippen LogP contribution in [0.3, 0.4) is 0 Å². The second-order valence-corrected chi connectivity index (χ2v) is 4.51. The van der Waals surface area contributed by atoms with Gasteiger partial charge in [-0.2, -0.15) is 5.26 Å². The highest BCUT2D eigenvalue weighted by Gasteiger charge is 2.14. The maximum atomic E-state index is 12.3. The summed E-state index contributed by atoms with van der Waals surface area (Å²) >= 11 is 0. The number of anilines is 2. The van der Waals surface area contributed by atoms with Crippen molar-refractivity contribution in [3.8, 4) is 6.07 Å². The number of amides is 1. The molecule has 0 bridgehead atoms. The van der Waals surface area contributed by atoms with Gasteiger partial charge in [0.2, 0.25) is 0 Å². The molecule has 0 spiro atoms. The van der Waals surface area contributed by atoms with E-state index >= 15 is 0 Å². The van der Waals surface area contributed by atoms with E-state index in [1.165, 1.54) is 0 Å². The van der Waals surface area contributed by atoms with E-state index in [1.807, 2.05) is 19.9 Å². The number of hydrogen-bond acceptors (Lipinski definition) is 3. The molecule has 0 fully saturated rings. The van der Waals surface area contributed by atoms with Crippen LogP contribution in [0.15, 0.2) is 30.5 Å². The van der Waals surface area contributed by atoms with Crippen molar-refractivity contribution in [2.75, 3.05) is 11.1 Å². The Bertz CT molecular complexity index is 694. The Morgan fingerprint density at radius 2 is 2.25 bits per heavy atom. The molecule has 0 atom stereocenters. The van der Waals surface area contributed by atoms with Gasteiger partial charge in [0.25, 0.3) is 5.91 Å². The van der Waals surface area contributed by atoms with Crippen LogP contribution in [0.1, 0.15) is 28.5 Å². The third-order valence-electron chi connectivity index (χ3n) is 3.12. The van der Waals surface area contributed by atoms with Gasteiger partial charge in [0.15, 0.2) is 0 Å². The van der Waals surface area contributed by atoms with Crippen LogP contribution >= 0.6 is 0 Å². The summed E-state index contributed by atoms with van der Waals surface area (Å²) in [6.45, 7) is 4.42. The predicted octanol–water partition coefficient (Wildman–Crippen LogP) is 2.52. The SMILES string of the molecule is CCn1cc(N)cc1C(=O)Nc1cccc(C)c1C#N. The monoisotopic (exact) mass is 268 g/mol. The van der Waals surface area contributed by atoms with Gasteiger partial charge in [0.05, 0.1) is 16.9 Å². The molecule has 0 aliphatic carbocycles. The van der Waals surface area contributed by atoms with Crippen molar-refractivity contribution in [2.24, 2.45) is 0 Å². The number of benzene rings is 1. The Balaban J connectivity index is 2.33. The lowest BCUT2D eigenvalue weighted by molar-refractivity contribution is 0.101. The van der Waals surface area contributed by atoms with E-state index in [4.69, 9.17) is 11.0 Å². The third-order valence-corrected chi connectivity index (χ3v) is 3.12. The molecule has 0 radical (unpaired) electrons. The second kappa shape index (κ2) is 5.49. The molecule has 20 heavy (non-hydrogen) atoms.